The first-order valence-corrected chi connectivity index (χ1v) is 10.4. The summed E-state index contributed by atoms with van der Waals surface area (Å²) < 4.78 is 0. The predicted molar refractivity (Wildman–Crippen MR) is 117 cm³/mol. The maximum absolute atomic E-state index is 12.8. The molecule has 0 radical (unpaired) electrons. The topological polar surface area (TPSA) is 57.8 Å². The summed E-state index contributed by atoms with van der Waals surface area (Å²) in [5, 5.41) is 6.24. The molecule has 2 aromatic heterocycles. The molecule has 0 unspecified atom stereocenters. The Hall–Kier alpha value is -2.76. The highest BCUT2D eigenvalue weighted by molar-refractivity contribution is 7.17. The van der Waals surface area contributed by atoms with Crippen LogP contribution in [0.1, 0.15) is 31.3 Å². The van der Waals surface area contributed by atoms with Gasteiger partial charge in [-0.2, -0.15) is 0 Å². The van der Waals surface area contributed by atoms with E-state index in [1.807, 2.05) is 41.8 Å². The lowest BCUT2D eigenvalue weighted by Gasteiger charge is -2.22. The number of nitrogens with zero attached hydrogens (tertiary/aromatic N) is 1. The van der Waals surface area contributed by atoms with Crippen LogP contribution in [0.25, 0.3) is 21.3 Å². The van der Waals surface area contributed by atoms with Crippen molar-refractivity contribution in [2.24, 2.45) is 5.92 Å². The molecule has 0 saturated carbocycles. The first-order chi connectivity index (χ1) is 13.6. The third kappa shape index (κ3) is 3.77. The monoisotopic (exact) mass is 389 g/mol. The summed E-state index contributed by atoms with van der Waals surface area (Å²) in [7, 11) is 0. The van der Waals surface area contributed by atoms with Crippen molar-refractivity contribution in [2.75, 3.05) is 0 Å². The van der Waals surface area contributed by atoms with Crippen molar-refractivity contribution >= 4 is 21.6 Å². The van der Waals surface area contributed by atoms with Gasteiger partial charge < -0.3 is 10.3 Å². The van der Waals surface area contributed by atoms with E-state index in [4.69, 9.17) is 4.98 Å². The summed E-state index contributed by atoms with van der Waals surface area (Å²) in [6, 6.07) is 20.5. The van der Waals surface area contributed by atoms with Crippen molar-refractivity contribution in [2.45, 2.75) is 26.4 Å². The molecule has 0 aliphatic carbocycles. The van der Waals surface area contributed by atoms with E-state index < -0.39 is 0 Å². The minimum Gasteiger partial charge on any atom is -0.309 e. The van der Waals surface area contributed by atoms with E-state index in [9.17, 15) is 4.79 Å². The standard InChI is InChI=1S/C23H23N3OS/c1-15(2)21(17-11-7-4-8-12-17)24-13-19-25-22(27)20-18(14-28-23(20)26-19)16-9-5-3-6-10-16/h3-12,14-15,21,24H,13H2,1-2H3,(H,25,26,27)/t21-/m0/s1. The molecule has 4 nitrogen and oxygen atoms in total. The molecule has 2 aromatic carbocycles. The summed E-state index contributed by atoms with van der Waals surface area (Å²) in [6.07, 6.45) is 0. The highest BCUT2D eigenvalue weighted by Crippen LogP contribution is 2.30. The average Bonchev–Trinajstić information content (AvgIpc) is 3.14. The van der Waals surface area contributed by atoms with Gasteiger partial charge in [-0.15, -0.1) is 11.3 Å². The average molecular weight is 390 g/mol. The molecule has 2 N–H and O–H groups in total. The maximum Gasteiger partial charge on any atom is 0.260 e. The van der Waals surface area contributed by atoms with Crippen LogP contribution in [0, 0.1) is 5.92 Å². The molecule has 4 aromatic rings. The SMILES string of the molecule is CC(C)[C@H](NCc1nc2scc(-c3ccccc3)c2c(=O)[nH]1)c1ccccc1. The van der Waals surface area contributed by atoms with Gasteiger partial charge in [0.05, 0.1) is 11.9 Å². The molecule has 0 aliphatic rings. The molecule has 2 heterocycles. The number of thiophene rings is 1. The largest absolute Gasteiger partial charge is 0.309 e. The van der Waals surface area contributed by atoms with Gasteiger partial charge in [-0.25, -0.2) is 4.98 Å². The first kappa shape index (κ1) is 18.6. The number of rotatable bonds is 6. The predicted octanol–water partition coefficient (Wildman–Crippen LogP) is 5.14. The van der Waals surface area contributed by atoms with Gasteiger partial charge in [-0.1, -0.05) is 74.5 Å². The van der Waals surface area contributed by atoms with Crippen LogP contribution >= 0.6 is 11.3 Å². The minimum absolute atomic E-state index is 0.0808. The van der Waals surface area contributed by atoms with Crippen molar-refractivity contribution in [3.63, 3.8) is 0 Å². The molecule has 28 heavy (non-hydrogen) atoms. The second-order valence-corrected chi connectivity index (χ2v) is 8.08. The second kappa shape index (κ2) is 8.09. The van der Waals surface area contributed by atoms with Crippen molar-refractivity contribution < 1.29 is 0 Å². The van der Waals surface area contributed by atoms with Crippen molar-refractivity contribution in [3.05, 3.63) is 87.8 Å². The van der Waals surface area contributed by atoms with Gasteiger partial charge in [0.15, 0.2) is 0 Å². The number of aromatic nitrogens is 2. The van der Waals surface area contributed by atoms with Crippen LogP contribution in [0.5, 0.6) is 0 Å². The zero-order valence-electron chi connectivity index (χ0n) is 16.0. The van der Waals surface area contributed by atoms with E-state index >= 15 is 0 Å². The van der Waals surface area contributed by atoms with Crippen molar-refractivity contribution in [1.82, 2.24) is 15.3 Å². The molecular weight excluding hydrogens is 366 g/mol. The van der Waals surface area contributed by atoms with E-state index in [0.717, 1.165) is 16.0 Å². The molecule has 0 bridgehead atoms. The Balaban J connectivity index is 1.61. The summed E-state index contributed by atoms with van der Waals surface area (Å²) >= 11 is 1.52. The molecule has 0 fully saturated rings. The molecule has 0 amide bonds. The quantitative estimate of drug-likeness (QED) is 0.480. The Morgan fingerprint density at radius 3 is 2.39 bits per heavy atom. The van der Waals surface area contributed by atoms with Gasteiger partial charge in [0.1, 0.15) is 10.7 Å². The molecular formula is C23H23N3OS. The van der Waals surface area contributed by atoms with Gasteiger partial charge in [0.25, 0.3) is 5.56 Å². The third-order valence-corrected chi connectivity index (χ3v) is 5.76. The molecule has 0 spiro atoms. The first-order valence-electron chi connectivity index (χ1n) is 9.47. The van der Waals surface area contributed by atoms with Crippen molar-refractivity contribution in [1.29, 1.82) is 0 Å². The molecule has 4 rings (SSSR count). The molecule has 1 atom stereocenters. The summed E-state index contributed by atoms with van der Waals surface area (Å²) in [4.78, 5) is 21.2. The van der Waals surface area contributed by atoms with Crippen LogP contribution in [0.2, 0.25) is 0 Å². The Morgan fingerprint density at radius 2 is 1.71 bits per heavy atom. The zero-order valence-corrected chi connectivity index (χ0v) is 16.8. The van der Waals surface area contributed by atoms with E-state index in [1.54, 1.807) is 0 Å². The number of benzene rings is 2. The fourth-order valence-corrected chi connectivity index (χ4v) is 4.48. The normalized spacial score (nSPS) is 12.5. The number of H-pyrrole nitrogens is 1. The lowest BCUT2D eigenvalue weighted by Crippen LogP contribution is -2.27. The van der Waals surface area contributed by atoms with Gasteiger partial charge in [-0.05, 0) is 17.0 Å². The maximum atomic E-state index is 12.8. The second-order valence-electron chi connectivity index (χ2n) is 7.22. The fraction of sp³-hybridized carbons (Fsp3) is 0.217. The Bertz CT molecular complexity index is 1120. The van der Waals surface area contributed by atoms with Crippen LogP contribution in [-0.2, 0) is 6.54 Å². The van der Waals surface area contributed by atoms with Crippen LogP contribution in [0.4, 0.5) is 0 Å². The minimum atomic E-state index is -0.0808. The zero-order chi connectivity index (χ0) is 19.5. The van der Waals surface area contributed by atoms with Crippen molar-refractivity contribution in [3.8, 4) is 11.1 Å². The summed E-state index contributed by atoms with van der Waals surface area (Å²) in [5.74, 6) is 1.09. The van der Waals surface area contributed by atoms with Crippen LogP contribution in [-0.4, -0.2) is 9.97 Å². The van der Waals surface area contributed by atoms with Crippen LogP contribution in [0.15, 0.2) is 70.8 Å². The van der Waals surface area contributed by atoms with E-state index in [-0.39, 0.29) is 11.6 Å². The lowest BCUT2D eigenvalue weighted by molar-refractivity contribution is 0.406. The molecule has 142 valence electrons. The van der Waals surface area contributed by atoms with Gasteiger partial charge >= 0.3 is 0 Å². The number of aromatic amines is 1. The number of hydrogen-bond acceptors (Lipinski definition) is 4. The smallest absolute Gasteiger partial charge is 0.260 e. The van der Waals surface area contributed by atoms with E-state index in [2.05, 4.69) is 48.4 Å². The summed E-state index contributed by atoms with van der Waals surface area (Å²) in [5.41, 5.74) is 3.14. The third-order valence-electron chi connectivity index (χ3n) is 4.89. The number of fused-ring (bicyclic) bond motifs is 1. The van der Waals surface area contributed by atoms with Gasteiger partial charge in [0, 0.05) is 17.0 Å². The van der Waals surface area contributed by atoms with Crippen LogP contribution < -0.4 is 10.9 Å². The van der Waals surface area contributed by atoms with E-state index in [0.29, 0.717) is 23.7 Å². The fourth-order valence-electron chi connectivity index (χ4n) is 3.51. The lowest BCUT2D eigenvalue weighted by atomic mass is 9.96. The van der Waals surface area contributed by atoms with Gasteiger partial charge in [0.2, 0.25) is 0 Å². The summed E-state index contributed by atoms with van der Waals surface area (Å²) in [6.45, 7) is 4.90. The number of hydrogen-bond donors (Lipinski definition) is 2. The Kier molecular flexibility index (Phi) is 5.37. The highest BCUT2D eigenvalue weighted by Gasteiger charge is 2.17. The Labute approximate surface area is 168 Å². The van der Waals surface area contributed by atoms with Gasteiger partial charge in [-0.3, -0.25) is 4.79 Å². The molecule has 0 saturated heterocycles. The van der Waals surface area contributed by atoms with Crippen LogP contribution in [0.3, 0.4) is 0 Å². The number of nitrogens with one attached hydrogen (secondary N) is 2. The molecule has 0 aliphatic heterocycles. The highest BCUT2D eigenvalue weighted by atomic mass is 32.1. The van der Waals surface area contributed by atoms with E-state index in [1.165, 1.54) is 16.9 Å². The Morgan fingerprint density at radius 1 is 1.04 bits per heavy atom. The molecule has 5 heteroatoms.